The molecule has 0 aliphatic carbocycles. The summed E-state index contributed by atoms with van der Waals surface area (Å²) in [7, 11) is 0. The maximum atomic E-state index is 13.0. The second-order valence-electron chi connectivity index (χ2n) is 4.25. The van der Waals surface area contributed by atoms with Crippen LogP contribution in [-0.4, -0.2) is 10.7 Å². The van der Waals surface area contributed by atoms with Gasteiger partial charge in [-0.2, -0.15) is 0 Å². The SMILES string of the molecule is C=CCCC(C)(O)Cc1ccc(F)c(Br)c1. The van der Waals surface area contributed by atoms with Crippen molar-refractivity contribution in [2.75, 3.05) is 0 Å². The fourth-order valence-corrected chi connectivity index (χ4v) is 2.02. The Hall–Kier alpha value is -0.670. The van der Waals surface area contributed by atoms with Gasteiger partial charge in [-0.1, -0.05) is 12.1 Å². The summed E-state index contributed by atoms with van der Waals surface area (Å²) >= 11 is 3.13. The van der Waals surface area contributed by atoms with Crippen LogP contribution in [0, 0.1) is 5.82 Å². The molecule has 1 unspecified atom stereocenters. The first-order valence-corrected chi connectivity index (χ1v) is 6.01. The smallest absolute Gasteiger partial charge is 0.137 e. The first kappa shape index (κ1) is 13.4. The van der Waals surface area contributed by atoms with Crippen LogP contribution in [0.4, 0.5) is 4.39 Å². The van der Waals surface area contributed by atoms with E-state index in [1.165, 1.54) is 6.07 Å². The second kappa shape index (κ2) is 5.60. The van der Waals surface area contributed by atoms with E-state index < -0.39 is 5.60 Å². The van der Waals surface area contributed by atoms with Crippen LogP contribution < -0.4 is 0 Å². The van der Waals surface area contributed by atoms with E-state index in [9.17, 15) is 9.50 Å². The van der Waals surface area contributed by atoms with Crippen molar-refractivity contribution in [3.63, 3.8) is 0 Å². The van der Waals surface area contributed by atoms with Crippen molar-refractivity contribution in [2.24, 2.45) is 0 Å². The van der Waals surface area contributed by atoms with E-state index in [-0.39, 0.29) is 5.82 Å². The molecule has 1 nitrogen and oxygen atoms in total. The largest absolute Gasteiger partial charge is 0.390 e. The molecule has 1 aromatic carbocycles. The van der Waals surface area contributed by atoms with Crippen LogP contribution >= 0.6 is 15.9 Å². The lowest BCUT2D eigenvalue weighted by Crippen LogP contribution is -2.26. The Bertz CT molecular complexity index is 374. The van der Waals surface area contributed by atoms with Crippen molar-refractivity contribution in [1.82, 2.24) is 0 Å². The van der Waals surface area contributed by atoms with E-state index in [0.717, 1.165) is 12.0 Å². The third-order valence-electron chi connectivity index (χ3n) is 2.46. The van der Waals surface area contributed by atoms with Gasteiger partial charge in [0.25, 0.3) is 0 Å². The summed E-state index contributed by atoms with van der Waals surface area (Å²) in [6, 6.07) is 4.81. The van der Waals surface area contributed by atoms with Gasteiger partial charge in [-0.15, -0.1) is 6.58 Å². The number of hydrogen-bond donors (Lipinski definition) is 1. The summed E-state index contributed by atoms with van der Waals surface area (Å²) in [6.07, 6.45) is 3.73. The molecule has 0 saturated carbocycles. The molecule has 88 valence electrons. The zero-order valence-corrected chi connectivity index (χ0v) is 10.9. The quantitative estimate of drug-likeness (QED) is 0.816. The fraction of sp³-hybridized carbons (Fsp3) is 0.385. The lowest BCUT2D eigenvalue weighted by molar-refractivity contribution is 0.0523. The van der Waals surface area contributed by atoms with Crippen LogP contribution in [0.25, 0.3) is 0 Å². The Kier molecular flexibility index (Phi) is 4.69. The second-order valence-corrected chi connectivity index (χ2v) is 5.10. The average molecular weight is 287 g/mol. The number of halogens is 2. The first-order chi connectivity index (χ1) is 7.44. The van der Waals surface area contributed by atoms with Crippen molar-refractivity contribution in [3.05, 3.63) is 46.7 Å². The predicted molar refractivity (Wildman–Crippen MR) is 67.9 cm³/mol. The Morgan fingerprint density at radius 1 is 1.56 bits per heavy atom. The highest BCUT2D eigenvalue weighted by Crippen LogP contribution is 2.22. The number of rotatable bonds is 5. The van der Waals surface area contributed by atoms with Gasteiger partial charge in [-0.25, -0.2) is 4.39 Å². The molecule has 0 amide bonds. The lowest BCUT2D eigenvalue weighted by Gasteiger charge is -2.22. The summed E-state index contributed by atoms with van der Waals surface area (Å²) in [4.78, 5) is 0. The molecule has 0 aliphatic rings. The maximum absolute atomic E-state index is 13.0. The minimum atomic E-state index is -0.772. The third-order valence-corrected chi connectivity index (χ3v) is 3.06. The summed E-state index contributed by atoms with van der Waals surface area (Å²) in [5.74, 6) is -0.283. The van der Waals surface area contributed by atoms with Crippen molar-refractivity contribution < 1.29 is 9.50 Å². The average Bonchev–Trinajstić information content (AvgIpc) is 2.20. The minimum absolute atomic E-state index is 0.283. The highest BCUT2D eigenvalue weighted by atomic mass is 79.9. The molecular formula is C13H16BrFO. The van der Waals surface area contributed by atoms with Gasteiger partial charge in [0.2, 0.25) is 0 Å². The van der Waals surface area contributed by atoms with Gasteiger partial charge in [-0.05, 0) is 53.4 Å². The monoisotopic (exact) mass is 286 g/mol. The molecule has 0 spiro atoms. The van der Waals surface area contributed by atoms with E-state index in [1.54, 1.807) is 25.1 Å². The fourth-order valence-electron chi connectivity index (χ4n) is 1.59. The highest BCUT2D eigenvalue weighted by Gasteiger charge is 2.20. The standard InChI is InChI=1S/C13H16BrFO/c1-3-4-7-13(2,16)9-10-5-6-12(15)11(14)8-10/h3,5-6,8,16H,1,4,7,9H2,2H3. The minimum Gasteiger partial charge on any atom is -0.390 e. The van der Waals surface area contributed by atoms with E-state index in [2.05, 4.69) is 22.5 Å². The normalized spacial score (nSPS) is 14.5. The lowest BCUT2D eigenvalue weighted by atomic mass is 9.92. The zero-order chi connectivity index (χ0) is 12.2. The van der Waals surface area contributed by atoms with Crippen molar-refractivity contribution in [3.8, 4) is 0 Å². The maximum Gasteiger partial charge on any atom is 0.137 e. The molecule has 0 saturated heterocycles. The molecule has 0 heterocycles. The van der Waals surface area contributed by atoms with Crippen molar-refractivity contribution >= 4 is 15.9 Å². The van der Waals surface area contributed by atoms with Gasteiger partial charge in [0.1, 0.15) is 5.82 Å². The van der Waals surface area contributed by atoms with Crippen LogP contribution in [0.2, 0.25) is 0 Å². The van der Waals surface area contributed by atoms with E-state index in [4.69, 9.17) is 0 Å². The Morgan fingerprint density at radius 3 is 2.81 bits per heavy atom. The molecule has 0 aromatic heterocycles. The molecule has 16 heavy (non-hydrogen) atoms. The van der Waals surface area contributed by atoms with Gasteiger partial charge in [0.05, 0.1) is 10.1 Å². The molecule has 1 rings (SSSR count). The molecule has 3 heteroatoms. The predicted octanol–water partition coefficient (Wildman–Crippen LogP) is 3.85. The summed E-state index contributed by atoms with van der Waals surface area (Å²) in [5, 5.41) is 10.1. The summed E-state index contributed by atoms with van der Waals surface area (Å²) in [6.45, 7) is 5.41. The first-order valence-electron chi connectivity index (χ1n) is 5.22. The number of benzene rings is 1. The van der Waals surface area contributed by atoms with Gasteiger partial charge >= 0.3 is 0 Å². The van der Waals surface area contributed by atoms with E-state index in [1.807, 2.05) is 0 Å². The van der Waals surface area contributed by atoms with Crippen LogP contribution in [-0.2, 0) is 6.42 Å². The van der Waals surface area contributed by atoms with Crippen LogP contribution in [0.5, 0.6) is 0 Å². The summed E-state index contributed by atoms with van der Waals surface area (Å²) in [5.41, 5.74) is 0.146. The Morgan fingerprint density at radius 2 is 2.25 bits per heavy atom. The molecule has 0 aliphatic heterocycles. The third kappa shape index (κ3) is 4.06. The molecule has 0 fully saturated rings. The molecule has 1 N–H and O–H groups in total. The van der Waals surface area contributed by atoms with Crippen LogP contribution in [0.15, 0.2) is 35.3 Å². The number of allylic oxidation sites excluding steroid dienone is 1. The molecule has 0 radical (unpaired) electrons. The topological polar surface area (TPSA) is 20.2 Å². The number of hydrogen-bond acceptors (Lipinski definition) is 1. The molecule has 1 aromatic rings. The van der Waals surface area contributed by atoms with Gasteiger partial charge in [0, 0.05) is 6.42 Å². The van der Waals surface area contributed by atoms with Crippen molar-refractivity contribution in [2.45, 2.75) is 31.8 Å². The Labute approximate surface area is 104 Å². The van der Waals surface area contributed by atoms with E-state index in [0.29, 0.717) is 17.3 Å². The number of aliphatic hydroxyl groups is 1. The molecule has 1 atom stereocenters. The zero-order valence-electron chi connectivity index (χ0n) is 9.34. The van der Waals surface area contributed by atoms with Crippen LogP contribution in [0.1, 0.15) is 25.3 Å². The summed E-state index contributed by atoms with van der Waals surface area (Å²) < 4.78 is 13.4. The van der Waals surface area contributed by atoms with Crippen molar-refractivity contribution in [1.29, 1.82) is 0 Å². The van der Waals surface area contributed by atoms with Gasteiger partial charge < -0.3 is 5.11 Å². The Balaban J connectivity index is 2.71. The highest BCUT2D eigenvalue weighted by molar-refractivity contribution is 9.10. The van der Waals surface area contributed by atoms with E-state index >= 15 is 0 Å². The molecular weight excluding hydrogens is 271 g/mol. The van der Waals surface area contributed by atoms with Gasteiger partial charge in [-0.3, -0.25) is 0 Å². The van der Waals surface area contributed by atoms with Gasteiger partial charge in [0.15, 0.2) is 0 Å². The van der Waals surface area contributed by atoms with Crippen LogP contribution in [0.3, 0.4) is 0 Å². The molecule has 0 bridgehead atoms.